The van der Waals surface area contributed by atoms with Gasteiger partial charge >= 0.3 is 12.4 Å². The van der Waals surface area contributed by atoms with Crippen LogP contribution in [0.25, 0.3) is 0 Å². The number of rotatable bonds is 1. The van der Waals surface area contributed by atoms with Crippen LogP contribution in [0.15, 0.2) is 18.2 Å². The lowest BCUT2D eigenvalue weighted by molar-refractivity contribution is -0.142. The monoisotopic (exact) mass is 350 g/mol. The Morgan fingerprint density at radius 2 is 1.11 bits per heavy atom. The number of alkyl halides is 6. The van der Waals surface area contributed by atoms with E-state index in [0.717, 1.165) is 12.1 Å². The van der Waals surface area contributed by atoms with E-state index in [4.69, 9.17) is 0 Å². The quantitative estimate of drug-likeness (QED) is 0.510. The van der Waals surface area contributed by atoms with Crippen molar-refractivity contribution in [2.24, 2.45) is 0 Å². The van der Waals surface area contributed by atoms with Gasteiger partial charge in [-0.05, 0) is 23.5 Å². The van der Waals surface area contributed by atoms with Crippen molar-refractivity contribution < 1.29 is 26.3 Å². The van der Waals surface area contributed by atoms with E-state index in [1.165, 1.54) is 0 Å². The van der Waals surface area contributed by atoms with Crippen molar-refractivity contribution in [1.82, 2.24) is 0 Å². The van der Waals surface area contributed by atoms with Gasteiger partial charge in [0.2, 0.25) is 0 Å². The number of benzene rings is 1. The summed E-state index contributed by atoms with van der Waals surface area (Å²) in [5.74, 6) is 0. The Balaban J connectivity index is 0. The lowest BCUT2D eigenvalue weighted by Gasteiger charge is -2.13. The van der Waals surface area contributed by atoms with Gasteiger partial charge in [-0.15, -0.1) is 33.7 Å². The third kappa shape index (κ3) is 5.48. The summed E-state index contributed by atoms with van der Waals surface area (Å²) >= 11 is 0. The molecule has 0 heterocycles. The van der Waals surface area contributed by atoms with E-state index in [1.54, 1.807) is 0 Å². The summed E-state index contributed by atoms with van der Waals surface area (Å²) in [6.07, 6.45) is -9.53. The Morgan fingerprint density at radius 3 is 1.33 bits per heavy atom. The zero-order valence-corrected chi connectivity index (χ0v) is 12.2. The molecule has 0 aliphatic heterocycles. The molecule has 106 valence electrons. The molecule has 0 saturated carbocycles. The molecule has 2 atom stereocenters. The van der Waals surface area contributed by atoms with E-state index in [-0.39, 0.29) is 44.5 Å². The Labute approximate surface area is 116 Å². The highest BCUT2D eigenvalue weighted by Crippen LogP contribution is 2.36. The average Bonchev–Trinajstić information content (AvgIpc) is 2.14. The van der Waals surface area contributed by atoms with Crippen molar-refractivity contribution in [2.75, 3.05) is 0 Å². The standard InChI is InChI=1S/C8H6F6P2.2ClH/c9-7(10,11)4-1-5(8(12,13)14)3-6(2-4)16-15;;/h1-3,16H,15H2;2*1H. The van der Waals surface area contributed by atoms with E-state index < -0.39 is 23.5 Å². The Bertz CT molecular complexity index is 358. The van der Waals surface area contributed by atoms with Crippen molar-refractivity contribution in [2.45, 2.75) is 12.4 Å². The van der Waals surface area contributed by atoms with Crippen LogP contribution in [-0.4, -0.2) is 0 Å². The fraction of sp³-hybridized carbons (Fsp3) is 0.250. The van der Waals surface area contributed by atoms with Crippen molar-refractivity contribution in [3.8, 4) is 0 Å². The first kappa shape index (κ1) is 20.6. The first-order chi connectivity index (χ1) is 7.14. The van der Waals surface area contributed by atoms with Gasteiger partial charge in [0.05, 0.1) is 11.1 Å². The number of hydrogen-bond donors (Lipinski definition) is 0. The van der Waals surface area contributed by atoms with E-state index in [9.17, 15) is 26.3 Å². The maximum absolute atomic E-state index is 12.3. The molecule has 0 aliphatic rings. The highest BCUT2D eigenvalue weighted by molar-refractivity contribution is 8.06. The van der Waals surface area contributed by atoms with Gasteiger partial charge in [0.15, 0.2) is 0 Å². The fourth-order valence-corrected chi connectivity index (χ4v) is 2.02. The predicted octanol–water partition coefficient (Wildman–Crippen LogP) is 4.66. The Kier molecular flexibility index (Phi) is 8.15. The predicted molar refractivity (Wildman–Crippen MR) is 68.6 cm³/mol. The minimum Gasteiger partial charge on any atom is -0.166 e. The topological polar surface area (TPSA) is 0 Å². The molecule has 0 amide bonds. The first-order valence-electron chi connectivity index (χ1n) is 3.90. The molecule has 0 bridgehead atoms. The molecule has 1 rings (SSSR count). The lowest BCUT2D eigenvalue weighted by Crippen LogP contribution is -2.14. The molecule has 2 unspecified atom stereocenters. The molecule has 1 aromatic carbocycles. The summed E-state index contributed by atoms with van der Waals surface area (Å²) in [5, 5.41) is 0.00662. The molecular formula is C8H8Cl2F6P2. The van der Waals surface area contributed by atoms with Crippen molar-refractivity contribution in [3.63, 3.8) is 0 Å². The van der Waals surface area contributed by atoms with Gasteiger partial charge in [-0.25, -0.2) is 0 Å². The molecule has 0 aliphatic carbocycles. The minimum atomic E-state index is -4.76. The molecule has 0 N–H and O–H groups in total. The van der Waals surface area contributed by atoms with Gasteiger partial charge in [-0.1, -0.05) is 8.27 Å². The van der Waals surface area contributed by atoms with Gasteiger partial charge in [0.1, 0.15) is 0 Å². The van der Waals surface area contributed by atoms with E-state index in [1.807, 2.05) is 0 Å². The normalized spacial score (nSPS) is 12.2. The summed E-state index contributed by atoms with van der Waals surface area (Å²) in [6, 6.07) is 1.57. The van der Waals surface area contributed by atoms with Crippen LogP contribution in [0.3, 0.4) is 0 Å². The number of halogens is 8. The fourth-order valence-electron chi connectivity index (χ4n) is 1.04. The van der Waals surface area contributed by atoms with Gasteiger partial charge < -0.3 is 0 Å². The summed E-state index contributed by atoms with van der Waals surface area (Å²) in [7, 11) is 1.91. The van der Waals surface area contributed by atoms with Crippen LogP contribution >= 0.6 is 42.0 Å². The first-order valence-corrected chi connectivity index (χ1v) is 6.71. The molecular weight excluding hydrogens is 343 g/mol. The second-order valence-electron chi connectivity index (χ2n) is 2.94. The second kappa shape index (κ2) is 7.14. The molecule has 10 heteroatoms. The van der Waals surface area contributed by atoms with Crippen molar-refractivity contribution in [1.29, 1.82) is 0 Å². The van der Waals surface area contributed by atoms with E-state index in [0.29, 0.717) is 0 Å². The van der Waals surface area contributed by atoms with Crippen LogP contribution in [0.4, 0.5) is 26.3 Å². The third-order valence-corrected chi connectivity index (χ3v) is 3.38. The van der Waals surface area contributed by atoms with Gasteiger partial charge in [-0.3, -0.25) is 0 Å². The Hall–Kier alpha value is 0.240. The van der Waals surface area contributed by atoms with Crippen LogP contribution in [0.2, 0.25) is 0 Å². The molecule has 0 nitrogen and oxygen atoms in total. The van der Waals surface area contributed by atoms with Crippen LogP contribution in [0.5, 0.6) is 0 Å². The second-order valence-corrected chi connectivity index (χ2v) is 4.67. The molecule has 0 spiro atoms. The maximum Gasteiger partial charge on any atom is 0.416 e. The smallest absolute Gasteiger partial charge is 0.166 e. The molecule has 0 fully saturated rings. The lowest BCUT2D eigenvalue weighted by atomic mass is 10.1. The zero-order chi connectivity index (χ0) is 12.6. The van der Waals surface area contributed by atoms with Gasteiger partial charge in [-0.2, -0.15) is 26.3 Å². The van der Waals surface area contributed by atoms with Crippen LogP contribution in [-0.2, 0) is 12.4 Å². The largest absolute Gasteiger partial charge is 0.416 e. The third-order valence-electron chi connectivity index (χ3n) is 1.75. The SMILES string of the molecule is Cl.Cl.FC(F)(F)c1cc(PP)cc(C(F)(F)F)c1. The highest BCUT2D eigenvalue weighted by Gasteiger charge is 2.36. The van der Waals surface area contributed by atoms with Gasteiger partial charge in [0.25, 0.3) is 0 Å². The Morgan fingerprint density at radius 1 is 0.778 bits per heavy atom. The summed E-state index contributed by atoms with van der Waals surface area (Å²) < 4.78 is 73.8. The summed E-state index contributed by atoms with van der Waals surface area (Å²) in [4.78, 5) is 0. The average molecular weight is 351 g/mol. The van der Waals surface area contributed by atoms with E-state index in [2.05, 4.69) is 8.93 Å². The summed E-state index contributed by atoms with van der Waals surface area (Å²) in [5.41, 5.74) is -2.54. The van der Waals surface area contributed by atoms with Crippen LogP contribution in [0.1, 0.15) is 11.1 Å². The van der Waals surface area contributed by atoms with Gasteiger partial charge in [0, 0.05) is 0 Å². The number of hydrogen-bond acceptors (Lipinski definition) is 0. The van der Waals surface area contributed by atoms with Crippen molar-refractivity contribution in [3.05, 3.63) is 29.3 Å². The summed E-state index contributed by atoms with van der Waals surface area (Å²) in [6.45, 7) is 0. The highest BCUT2D eigenvalue weighted by atomic mass is 35.5. The molecule has 0 saturated heterocycles. The van der Waals surface area contributed by atoms with E-state index >= 15 is 0 Å². The zero-order valence-electron chi connectivity index (χ0n) is 8.39. The molecule has 1 aromatic rings. The molecule has 18 heavy (non-hydrogen) atoms. The maximum atomic E-state index is 12.3. The van der Waals surface area contributed by atoms with Crippen LogP contribution < -0.4 is 5.30 Å². The minimum absolute atomic E-state index is 0. The van der Waals surface area contributed by atoms with Crippen LogP contribution in [0, 0.1) is 0 Å². The molecule has 0 aromatic heterocycles. The molecule has 0 radical (unpaired) electrons. The van der Waals surface area contributed by atoms with Crippen molar-refractivity contribution >= 4 is 47.3 Å².